The van der Waals surface area contributed by atoms with Crippen molar-refractivity contribution in [2.24, 2.45) is 0 Å². The van der Waals surface area contributed by atoms with Crippen LogP contribution in [0, 0.1) is 0 Å². The zero-order chi connectivity index (χ0) is 14.8. The van der Waals surface area contributed by atoms with Crippen molar-refractivity contribution < 1.29 is 4.79 Å². The summed E-state index contributed by atoms with van der Waals surface area (Å²) < 4.78 is 0.804. The monoisotopic (exact) mass is 359 g/mol. The number of hydrogen-bond acceptors (Lipinski definition) is 2. The minimum atomic E-state index is 0.0366. The summed E-state index contributed by atoms with van der Waals surface area (Å²) in [4.78, 5) is 16.8. The van der Waals surface area contributed by atoms with Gasteiger partial charge in [0.05, 0.1) is 5.52 Å². The summed E-state index contributed by atoms with van der Waals surface area (Å²) in [6.07, 6.45) is 2.06. The van der Waals surface area contributed by atoms with E-state index in [9.17, 15) is 4.79 Å². The Morgan fingerprint density at radius 1 is 1.14 bits per heavy atom. The fraction of sp³-hybridized carbons (Fsp3) is 0.0588. The summed E-state index contributed by atoms with van der Waals surface area (Å²) in [5.41, 5.74) is 2.48. The molecule has 0 spiro atoms. The van der Waals surface area contributed by atoms with Crippen molar-refractivity contribution in [3.63, 3.8) is 0 Å². The van der Waals surface area contributed by atoms with Gasteiger partial charge in [0, 0.05) is 33.1 Å². The number of ketones is 1. The highest BCUT2D eigenvalue weighted by atomic mass is 79.9. The van der Waals surface area contributed by atoms with Crippen LogP contribution in [0.2, 0.25) is 5.02 Å². The molecule has 0 bridgehead atoms. The third-order valence-electron chi connectivity index (χ3n) is 3.27. The third-order valence-corrected chi connectivity index (χ3v) is 3.95. The predicted octanol–water partition coefficient (Wildman–Crippen LogP) is 5.08. The van der Waals surface area contributed by atoms with Crippen LogP contribution < -0.4 is 0 Å². The molecule has 0 aliphatic rings. The topological polar surface area (TPSA) is 30.0 Å². The third kappa shape index (κ3) is 3.14. The Kier molecular flexibility index (Phi) is 4.04. The Hall–Kier alpha value is -1.71. The highest BCUT2D eigenvalue weighted by Gasteiger charge is 2.11. The minimum absolute atomic E-state index is 0.0366. The quantitative estimate of drug-likeness (QED) is 0.610. The van der Waals surface area contributed by atoms with Crippen LogP contribution in [0.25, 0.3) is 10.9 Å². The first-order valence-electron chi connectivity index (χ1n) is 6.45. The van der Waals surface area contributed by atoms with Crippen molar-refractivity contribution in [1.82, 2.24) is 4.98 Å². The molecule has 0 fully saturated rings. The molecule has 0 atom stereocenters. The number of pyridine rings is 1. The van der Waals surface area contributed by atoms with Gasteiger partial charge in [-0.25, -0.2) is 0 Å². The smallest absolute Gasteiger partial charge is 0.167 e. The Morgan fingerprint density at radius 3 is 2.76 bits per heavy atom. The number of rotatable bonds is 3. The van der Waals surface area contributed by atoms with Crippen LogP contribution in [0.15, 0.2) is 59.2 Å². The molecule has 0 radical (unpaired) electrons. The number of para-hydroxylation sites is 1. The summed E-state index contributed by atoms with van der Waals surface area (Å²) in [5.74, 6) is 0.0366. The molecule has 0 unspecified atom stereocenters. The zero-order valence-corrected chi connectivity index (χ0v) is 13.4. The lowest BCUT2D eigenvalue weighted by atomic mass is 10.0. The molecule has 0 aliphatic heterocycles. The molecule has 2 aromatic carbocycles. The molecule has 1 heterocycles. The number of fused-ring (bicyclic) bond motifs is 1. The van der Waals surface area contributed by atoms with E-state index in [1.54, 1.807) is 24.4 Å². The second-order valence-corrected chi connectivity index (χ2v) is 6.10. The van der Waals surface area contributed by atoms with Gasteiger partial charge in [-0.1, -0.05) is 45.7 Å². The summed E-state index contributed by atoms with van der Waals surface area (Å²) in [5, 5.41) is 1.56. The number of Topliss-reactive ketones (excluding diaryl/α,β-unsaturated/α-hetero) is 1. The van der Waals surface area contributed by atoms with Gasteiger partial charge >= 0.3 is 0 Å². The van der Waals surface area contributed by atoms with E-state index in [1.807, 2.05) is 30.3 Å². The Morgan fingerprint density at radius 2 is 1.95 bits per heavy atom. The first kappa shape index (κ1) is 14.2. The van der Waals surface area contributed by atoms with E-state index in [-0.39, 0.29) is 5.78 Å². The molecule has 104 valence electrons. The van der Waals surface area contributed by atoms with E-state index in [4.69, 9.17) is 11.6 Å². The Labute approximate surface area is 135 Å². The second kappa shape index (κ2) is 5.96. The van der Waals surface area contributed by atoms with Crippen LogP contribution in [-0.2, 0) is 6.42 Å². The maximum Gasteiger partial charge on any atom is 0.167 e. The lowest BCUT2D eigenvalue weighted by Gasteiger charge is -2.06. The van der Waals surface area contributed by atoms with Crippen LogP contribution in [0.4, 0.5) is 0 Å². The number of halogens is 2. The van der Waals surface area contributed by atoms with Crippen LogP contribution in [0.1, 0.15) is 15.9 Å². The van der Waals surface area contributed by atoms with E-state index in [0.29, 0.717) is 17.0 Å². The van der Waals surface area contributed by atoms with Crippen LogP contribution in [0.3, 0.4) is 0 Å². The van der Waals surface area contributed by atoms with Crippen molar-refractivity contribution in [2.45, 2.75) is 6.42 Å². The van der Waals surface area contributed by atoms with Crippen molar-refractivity contribution in [2.75, 3.05) is 0 Å². The summed E-state index contributed by atoms with van der Waals surface area (Å²) in [6, 6.07) is 15.0. The average Bonchev–Trinajstić information content (AvgIpc) is 2.46. The molecule has 0 N–H and O–H groups in total. The number of carbonyl (C=O) groups excluding carboxylic acids is 1. The first-order valence-corrected chi connectivity index (χ1v) is 7.62. The maximum absolute atomic E-state index is 12.5. The number of nitrogens with zero attached hydrogens (tertiary/aromatic N) is 1. The fourth-order valence-electron chi connectivity index (χ4n) is 2.30. The fourth-order valence-corrected chi connectivity index (χ4v) is 3.16. The maximum atomic E-state index is 12.5. The molecule has 3 aromatic rings. The van der Waals surface area contributed by atoms with Gasteiger partial charge in [-0.15, -0.1) is 0 Å². The van der Waals surface area contributed by atoms with Gasteiger partial charge in [-0.05, 0) is 35.9 Å². The Balaban J connectivity index is 1.96. The van der Waals surface area contributed by atoms with Crippen LogP contribution in [0.5, 0.6) is 0 Å². The molecule has 2 nitrogen and oxygen atoms in total. The highest BCUT2D eigenvalue weighted by Crippen LogP contribution is 2.22. The molecule has 1 aromatic heterocycles. The SMILES string of the molecule is O=C(Cc1ccnc2ccccc12)c1cc(Cl)cc(Br)c1. The molecule has 0 saturated carbocycles. The van der Waals surface area contributed by atoms with Gasteiger partial charge in [0.1, 0.15) is 0 Å². The van der Waals surface area contributed by atoms with Crippen molar-refractivity contribution in [3.8, 4) is 0 Å². The van der Waals surface area contributed by atoms with Crippen LogP contribution in [-0.4, -0.2) is 10.8 Å². The summed E-state index contributed by atoms with van der Waals surface area (Å²) in [7, 11) is 0. The molecule has 0 saturated heterocycles. The Bertz CT molecular complexity index is 806. The van der Waals surface area contributed by atoms with E-state index < -0.39 is 0 Å². The van der Waals surface area contributed by atoms with Gasteiger partial charge in [0.25, 0.3) is 0 Å². The van der Waals surface area contributed by atoms with Gasteiger partial charge in [0.15, 0.2) is 5.78 Å². The molecule has 0 amide bonds. The van der Waals surface area contributed by atoms with Gasteiger partial charge in [-0.2, -0.15) is 0 Å². The normalized spacial score (nSPS) is 10.8. The van der Waals surface area contributed by atoms with Gasteiger partial charge in [-0.3, -0.25) is 9.78 Å². The van der Waals surface area contributed by atoms with Crippen molar-refractivity contribution in [3.05, 3.63) is 75.4 Å². The van der Waals surface area contributed by atoms with Crippen LogP contribution >= 0.6 is 27.5 Å². The lowest BCUT2D eigenvalue weighted by Crippen LogP contribution is -2.04. The van der Waals surface area contributed by atoms with E-state index >= 15 is 0 Å². The largest absolute Gasteiger partial charge is 0.294 e. The predicted molar refractivity (Wildman–Crippen MR) is 88.9 cm³/mol. The van der Waals surface area contributed by atoms with E-state index in [0.717, 1.165) is 20.9 Å². The number of benzene rings is 2. The molecular weight excluding hydrogens is 350 g/mol. The highest BCUT2D eigenvalue weighted by molar-refractivity contribution is 9.10. The molecule has 21 heavy (non-hydrogen) atoms. The second-order valence-electron chi connectivity index (χ2n) is 4.75. The lowest BCUT2D eigenvalue weighted by molar-refractivity contribution is 0.0993. The number of carbonyl (C=O) groups is 1. The number of hydrogen-bond donors (Lipinski definition) is 0. The molecular formula is C17H11BrClNO. The average molecular weight is 361 g/mol. The summed E-state index contributed by atoms with van der Waals surface area (Å²) >= 11 is 9.36. The van der Waals surface area contributed by atoms with Gasteiger partial charge < -0.3 is 0 Å². The van der Waals surface area contributed by atoms with E-state index in [1.165, 1.54) is 0 Å². The molecule has 4 heteroatoms. The first-order chi connectivity index (χ1) is 10.1. The van der Waals surface area contributed by atoms with Crippen molar-refractivity contribution >= 4 is 44.2 Å². The number of aromatic nitrogens is 1. The standard InChI is InChI=1S/C17H11BrClNO/c18-13-7-12(8-14(19)10-13)17(21)9-11-5-6-20-16-4-2-1-3-15(11)16/h1-8,10H,9H2. The minimum Gasteiger partial charge on any atom is -0.294 e. The van der Waals surface area contributed by atoms with E-state index in [2.05, 4.69) is 20.9 Å². The van der Waals surface area contributed by atoms with Crippen molar-refractivity contribution in [1.29, 1.82) is 0 Å². The molecule has 0 aliphatic carbocycles. The summed E-state index contributed by atoms with van der Waals surface area (Å²) in [6.45, 7) is 0. The molecule has 3 rings (SSSR count). The zero-order valence-electron chi connectivity index (χ0n) is 11.0. The van der Waals surface area contributed by atoms with Gasteiger partial charge in [0.2, 0.25) is 0 Å².